The van der Waals surface area contributed by atoms with Crippen molar-refractivity contribution in [1.29, 1.82) is 0 Å². The van der Waals surface area contributed by atoms with E-state index in [4.69, 9.17) is 0 Å². The minimum Gasteiger partial charge on any atom is -0.316 e. The normalized spacial score (nSPS) is 21.5. The zero-order valence-electron chi connectivity index (χ0n) is 7.49. The largest absolute Gasteiger partial charge is 0.316 e. The van der Waals surface area contributed by atoms with Gasteiger partial charge >= 0.3 is 0 Å². The van der Waals surface area contributed by atoms with E-state index in [1.165, 1.54) is 6.07 Å². The van der Waals surface area contributed by atoms with E-state index in [0.29, 0.717) is 5.56 Å². The van der Waals surface area contributed by atoms with Gasteiger partial charge in [-0.25, -0.2) is 8.78 Å². The van der Waals surface area contributed by atoms with Crippen LogP contribution in [0, 0.1) is 11.6 Å². The molecule has 4 heteroatoms. The van der Waals surface area contributed by atoms with E-state index in [-0.39, 0.29) is 22.0 Å². The molecule has 1 fully saturated rings. The van der Waals surface area contributed by atoms with Crippen LogP contribution in [0.2, 0.25) is 0 Å². The van der Waals surface area contributed by atoms with Gasteiger partial charge in [-0.05, 0) is 46.6 Å². The van der Waals surface area contributed by atoms with Gasteiger partial charge in [-0.15, -0.1) is 0 Å². The van der Waals surface area contributed by atoms with Crippen LogP contribution in [0.15, 0.2) is 16.6 Å². The molecule has 1 heterocycles. The number of halogens is 3. The van der Waals surface area contributed by atoms with Crippen LogP contribution in [0.3, 0.4) is 0 Å². The topological polar surface area (TPSA) is 12.0 Å². The van der Waals surface area contributed by atoms with E-state index in [0.717, 1.165) is 25.6 Å². The van der Waals surface area contributed by atoms with Crippen LogP contribution in [0.25, 0.3) is 0 Å². The molecule has 0 radical (unpaired) electrons. The molecule has 0 aromatic heterocycles. The average molecular weight is 262 g/mol. The van der Waals surface area contributed by atoms with Crippen molar-refractivity contribution in [2.75, 3.05) is 13.1 Å². The summed E-state index contributed by atoms with van der Waals surface area (Å²) in [5.41, 5.74) is 0.474. The van der Waals surface area contributed by atoms with E-state index in [1.54, 1.807) is 0 Å². The SMILES string of the molecule is Fc1cc(Br)c(F)c(C2CCNC2)c1. The molecule has 1 saturated heterocycles. The maximum absolute atomic E-state index is 13.6. The molecule has 0 bridgehead atoms. The van der Waals surface area contributed by atoms with Gasteiger partial charge in [-0.1, -0.05) is 0 Å². The van der Waals surface area contributed by atoms with Crippen molar-refractivity contribution in [3.63, 3.8) is 0 Å². The van der Waals surface area contributed by atoms with Gasteiger partial charge in [0.1, 0.15) is 11.6 Å². The first-order valence-electron chi connectivity index (χ1n) is 4.53. The molecule has 0 saturated carbocycles. The third-order valence-corrected chi connectivity index (χ3v) is 3.10. The minimum atomic E-state index is -0.389. The first-order valence-corrected chi connectivity index (χ1v) is 5.33. The molecular formula is C10H10BrF2N. The van der Waals surface area contributed by atoms with Gasteiger partial charge in [-0.3, -0.25) is 0 Å². The zero-order valence-corrected chi connectivity index (χ0v) is 9.07. The number of benzene rings is 1. The summed E-state index contributed by atoms with van der Waals surface area (Å²) in [5, 5.41) is 3.13. The standard InChI is InChI=1S/C10H10BrF2N/c11-9-4-7(12)3-8(10(9)13)6-1-2-14-5-6/h3-4,6,14H,1-2,5H2. The second-order valence-electron chi connectivity index (χ2n) is 3.48. The predicted octanol–water partition coefficient (Wildman–Crippen LogP) is 2.80. The minimum absolute atomic E-state index is 0.0991. The Kier molecular flexibility index (Phi) is 2.83. The fourth-order valence-corrected chi connectivity index (χ4v) is 2.24. The fourth-order valence-electron chi connectivity index (χ4n) is 1.79. The first kappa shape index (κ1) is 10.1. The maximum Gasteiger partial charge on any atom is 0.141 e. The summed E-state index contributed by atoms with van der Waals surface area (Å²) in [7, 11) is 0. The highest BCUT2D eigenvalue weighted by molar-refractivity contribution is 9.10. The Morgan fingerprint density at radius 3 is 2.79 bits per heavy atom. The van der Waals surface area contributed by atoms with Crippen LogP contribution in [0.5, 0.6) is 0 Å². The van der Waals surface area contributed by atoms with Crippen LogP contribution in [-0.4, -0.2) is 13.1 Å². The van der Waals surface area contributed by atoms with E-state index < -0.39 is 0 Å². The predicted molar refractivity (Wildman–Crippen MR) is 54.3 cm³/mol. The van der Waals surface area contributed by atoms with E-state index in [9.17, 15) is 8.78 Å². The van der Waals surface area contributed by atoms with E-state index >= 15 is 0 Å². The second kappa shape index (κ2) is 3.95. The molecule has 1 aliphatic heterocycles. The third-order valence-electron chi connectivity index (χ3n) is 2.52. The van der Waals surface area contributed by atoms with Gasteiger partial charge in [0.25, 0.3) is 0 Å². The molecule has 14 heavy (non-hydrogen) atoms. The quantitative estimate of drug-likeness (QED) is 0.767. The van der Waals surface area contributed by atoms with Crippen molar-refractivity contribution in [2.24, 2.45) is 0 Å². The summed E-state index contributed by atoms with van der Waals surface area (Å²) in [4.78, 5) is 0. The highest BCUT2D eigenvalue weighted by Gasteiger charge is 2.21. The molecule has 1 nitrogen and oxygen atoms in total. The lowest BCUT2D eigenvalue weighted by atomic mass is 9.98. The lowest BCUT2D eigenvalue weighted by molar-refractivity contribution is 0.561. The molecule has 1 unspecified atom stereocenters. The summed E-state index contributed by atoms with van der Waals surface area (Å²) in [6.45, 7) is 1.60. The van der Waals surface area contributed by atoms with Crippen LogP contribution in [-0.2, 0) is 0 Å². The molecule has 76 valence electrons. The van der Waals surface area contributed by atoms with Crippen molar-refractivity contribution < 1.29 is 8.78 Å². The lowest BCUT2D eigenvalue weighted by Crippen LogP contribution is -2.09. The highest BCUT2D eigenvalue weighted by Crippen LogP contribution is 2.29. The zero-order chi connectivity index (χ0) is 10.1. The Balaban J connectivity index is 2.40. The Hall–Kier alpha value is -0.480. The average Bonchev–Trinajstić information content (AvgIpc) is 2.63. The Labute approximate surface area is 89.6 Å². The Bertz CT molecular complexity index is 348. The van der Waals surface area contributed by atoms with Crippen molar-refractivity contribution in [2.45, 2.75) is 12.3 Å². The van der Waals surface area contributed by atoms with Crippen LogP contribution < -0.4 is 5.32 Å². The summed E-state index contributed by atoms with van der Waals surface area (Å²) >= 11 is 3.01. The molecule has 1 aromatic rings. The number of hydrogen-bond acceptors (Lipinski definition) is 1. The molecule has 0 aliphatic carbocycles. The van der Waals surface area contributed by atoms with Gasteiger partial charge in [0.05, 0.1) is 4.47 Å². The number of hydrogen-bond donors (Lipinski definition) is 1. The van der Waals surface area contributed by atoms with Crippen molar-refractivity contribution in [1.82, 2.24) is 5.32 Å². The molecule has 1 atom stereocenters. The summed E-state index contributed by atoms with van der Waals surface area (Å²) in [6, 6.07) is 2.44. The van der Waals surface area contributed by atoms with Crippen molar-refractivity contribution in [3.8, 4) is 0 Å². The lowest BCUT2D eigenvalue weighted by Gasteiger charge is -2.11. The Morgan fingerprint density at radius 1 is 1.36 bits per heavy atom. The van der Waals surface area contributed by atoms with Gasteiger partial charge in [-0.2, -0.15) is 0 Å². The van der Waals surface area contributed by atoms with Crippen molar-refractivity contribution in [3.05, 3.63) is 33.8 Å². The van der Waals surface area contributed by atoms with E-state index in [1.807, 2.05) is 0 Å². The Morgan fingerprint density at radius 2 is 2.14 bits per heavy atom. The molecule has 1 aliphatic rings. The van der Waals surface area contributed by atoms with Crippen LogP contribution >= 0.6 is 15.9 Å². The van der Waals surface area contributed by atoms with Crippen LogP contribution in [0.1, 0.15) is 17.9 Å². The van der Waals surface area contributed by atoms with Gasteiger partial charge in [0.2, 0.25) is 0 Å². The fraction of sp³-hybridized carbons (Fsp3) is 0.400. The maximum atomic E-state index is 13.6. The van der Waals surface area contributed by atoms with Crippen LogP contribution in [0.4, 0.5) is 8.78 Å². The van der Waals surface area contributed by atoms with Gasteiger partial charge in [0.15, 0.2) is 0 Å². The third kappa shape index (κ3) is 1.81. The second-order valence-corrected chi connectivity index (χ2v) is 4.33. The number of rotatable bonds is 1. The molecular weight excluding hydrogens is 252 g/mol. The monoisotopic (exact) mass is 261 g/mol. The molecule has 0 amide bonds. The van der Waals surface area contributed by atoms with Crippen molar-refractivity contribution >= 4 is 15.9 Å². The molecule has 2 rings (SSSR count). The summed E-state index contributed by atoms with van der Waals surface area (Å²) in [5.74, 6) is -0.623. The highest BCUT2D eigenvalue weighted by atomic mass is 79.9. The summed E-state index contributed by atoms with van der Waals surface area (Å²) < 4.78 is 26.8. The first-order chi connectivity index (χ1) is 6.68. The van der Waals surface area contributed by atoms with Gasteiger partial charge < -0.3 is 5.32 Å². The molecule has 1 N–H and O–H groups in total. The summed E-state index contributed by atoms with van der Waals surface area (Å²) in [6.07, 6.45) is 0.868. The number of nitrogens with one attached hydrogen (secondary N) is 1. The van der Waals surface area contributed by atoms with Gasteiger partial charge in [0, 0.05) is 12.5 Å². The molecule has 1 aromatic carbocycles. The smallest absolute Gasteiger partial charge is 0.141 e. The van der Waals surface area contributed by atoms with E-state index in [2.05, 4.69) is 21.2 Å². The molecule has 0 spiro atoms.